The van der Waals surface area contributed by atoms with Gasteiger partial charge in [-0.2, -0.15) is 0 Å². The molecular formula is C7H5BrClF2N. The van der Waals surface area contributed by atoms with E-state index in [0.29, 0.717) is 10.0 Å². The lowest BCUT2D eigenvalue weighted by molar-refractivity contribution is 0.146. The quantitative estimate of drug-likeness (QED) is 0.698. The molecule has 66 valence electrons. The van der Waals surface area contributed by atoms with Gasteiger partial charge in [0.05, 0.1) is 4.47 Å². The summed E-state index contributed by atoms with van der Waals surface area (Å²) < 4.78 is 24.8. The molecule has 1 rings (SSSR count). The maximum absolute atomic E-state index is 12.1. The molecule has 0 unspecified atom stereocenters. The van der Waals surface area contributed by atoms with Gasteiger partial charge in [-0.3, -0.25) is 0 Å². The first-order chi connectivity index (χ1) is 5.52. The summed E-state index contributed by atoms with van der Waals surface area (Å²) in [5.74, 6) is 0. The normalized spacial score (nSPS) is 10.8. The Bertz CT molecular complexity index is 280. The summed E-state index contributed by atoms with van der Waals surface area (Å²) in [6, 6.07) is 1.31. The maximum atomic E-state index is 12.1. The predicted octanol–water partition coefficient (Wildman–Crippen LogP) is 3.74. The minimum Gasteiger partial charge on any atom is -0.234 e. The Morgan fingerprint density at radius 2 is 2.17 bits per heavy atom. The average Bonchev–Trinajstić information content (AvgIpc) is 1.99. The Hall–Kier alpha value is -0.220. The molecule has 1 nitrogen and oxygen atoms in total. The van der Waals surface area contributed by atoms with Crippen LogP contribution in [0.2, 0.25) is 5.15 Å². The van der Waals surface area contributed by atoms with Crippen molar-refractivity contribution in [3.63, 3.8) is 0 Å². The van der Waals surface area contributed by atoms with Crippen LogP contribution in [-0.2, 0) is 0 Å². The van der Waals surface area contributed by atoms with E-state index < -0.39 is 6.43 Å². The lowest BCUT2D eigenvalue weighted by atomic mass is 10.2. The first-order valence-corrected chi connectivity index (χ1v) is 4.30. The van der Waals surface area contributed by atoms with Crippen LogP contribution in [-0.4, -0.2) is 4.98 Å². The Morgan fingerprint density at radius 3 is 2.58 bits per heavy atom. The third-order valence-corrected chi connectivity index (χ3v) is 2.85. The van der Waals surface area contributed by atoms with Crippen LogP contribution in [0.25, 0.3) is 0 Å². The van der Waals surface area contributed by atoms with E-state index in [0.717, 1.165) is 0 Å². The molecular weight excluding hydrogens is 251 g/mol. The number of halogens is 4. The summed E-state index contributed by atoms with van der Waals surface area (Å²) in [5.41, 5.74) is 0.367. The van der Waals surface area contributed by atoms with E-state index in [1.807, 2.05) is 0 Å². The van der Waals surface area contributed by atoms with Crippen LogP contribution in [0.1, 0.15) is 17.7 Å². The molecule has 0 bridgehead atoms. The van der Waals surface area contributed by atoms with Gasteiger partial charge in [0.2, 0.25) is 0 Å². The van der Waals surface area contributed by atoms with Crippen LogP contribution in [0.4, 0.5) is 8.78 Å². The van der Waals surface area contributed by atoms with Gasteiger partial charge in [0.25, 0.3) is 6.43 Å². The number of aryl methyl sites for hydroxylation is 1. The standard InChI is InChI=1S/C7H5BrClF2N/c1-3-2-4(7(10)11)12-6(9)5(3)8/h2,7H,1H3. The van der Waals surface area contributed by atoms with Gasteiger partial charge in [-0.05, 0) is 34.5 Å². The monoisotopic (exact) mass is 255 g/mol. The number of nitrogens with zero attached hydrogens (tertiary/aromatic N) is 1. The minimum atomic E-state index is -2.57. The molecule has 5 heteroatoms. The fraction of sp³-hybridized carbons (Fsp3) is 0.286. The smallest absolute Gasteiger partial charge is 0.234 e. The first-order valence-electron chi connectivity index (χ1n) is 3.13. The second-order valence-corrected chi connectivity index (χ2v) is 3.42. The van der Waals surface area contributed by atoms with E-state index in [-0.39, 0.29) is 10.8 Å². The zero-order chi connectivity index (χ0) is 9.30. The summed E-state index contributed by atoms with van der Waals surface area (Å²) in [7, 11) is 0. The van der Waals surface area contributed by atoms with E-state index in [1.165, 1.54) is 6.07 Å². The number of hydrogen-bond donors (Lipinski definition) is 0. The second kappa shape index (κ2) is 3.66. The van der Waals surface area contributed by atoms with Gasteiger partial charge < -0.3 is 0 Å². The highest BCUT2D eigenvalue weighted by atomic mass is 79.9. The molecule has 0 amide bonds. The minimum absolute atomic E-state index is 0.0744. The van der Waals surface area contributed by atoms with Gasteiger partial charge in [-0.1, -0.05) is 11.6 Å². The topological polar surface area (TPSA) is 12.9 Å². The Labute approximate surface area is 81.9 Å². The van der Waals surface area contributed by atoms with Gasteiger partial charge in [0.15, 0.2) is 0 Å². The molecule has 0 radical (unpaired) electrons. The van der Waals surface area contributed by atoms with Crippen molar-refractivity contribution in [3.05, 3.63) is 26.9 Å². The molecule has 0 fully saturated rings. The fourth-order valence-electron chi connectivity index (χ4n) is 0.754. The zero-order valence-corrected chi connectivity index (χ0v) is 8.46. The van der Waals surface area contributed by atoms with Crippen molar-refractivity contribution < 1.29 is 8.78 Å². The van der Waals surface area contributed by atoms with E-state index in [1.54, 1.807) is 6.92 Å². The number of rotatable bonds is 1. The summed E-state index contributed by atoms with van der Waals surface area (Å²) in [6.07, 6.45) is -2.57. The van der Waals surface area contributed by atoms with E-state index in [4.69, 9.17) is 11.6 Å². The van der Waals surface area contributed by atoms with Crippen molar-refractivity contribution in [1.82, 2.24) is 4.98 Å². The predicted molar refractivity (Wildman–Crippen MR) is 46.6 cm³/mol. The summed E-state index contributed by atoms with van der Waals surface area (Å²) >= 11 is 8.69. The van der Waals surface area contributed by atoms with E-state index in [9.17, 15) is 8.78 Å². The molecule has 0 aliphatic rings. The lowest BCUT2D eigenvalue weighted by Gasteiger charge is -2.03. The summed E-state index contributed by atoms with van der Waals surface area (Å²) in [5, 5.41) is 0.0744. The molecule has 1 aromatic rings. The maximum Gasteiger partial charge on any atom is 0.280 e. The number of pyridine rings is 1. The van der Waals surface area contributed by atoms with Crippen LogP contribution in [0, 0.1) is 6.92 Å². The molecule has 0 N–H and O–H groups in total. The first kappa shape index (κ1) is 9.86. The van der Waals surface area contributed by atoms with Crippen LogP contribution >= 0.6 is 27.5 Å². The highest BCUT2D eigenvalue weighted by Crippen LogP contribution is 2.28. The van der Waals surface area contributed by atoms with Crippen molar-refractivity contribution in [1.29, 1.82) is 0 Å². The average molecular weight is 256 g/mol. The molecule has 1 aromatic heterocycles. The van der Waals surface area contributed by atoms with E-state index >= 15 is 0 Å². The van der Waals surface area contributed by atoms with Gasteiger partial charge in [0, 0.05) is 0 Å². The summed E-state index contributed by atoms with van der Waals surface area (Å²) in [6.45, 7) is 1.68. The van der Waals surface area contributed by atoms with Gasteiger partial charge in [-0.25, -0.2) is 13.8 Å². The fourth-order valence-corrected chi connectivity index (χ4v) is 1.20. The molecule has 0 aromatic carbocycles. The van der Waals surface area contributed by atoms with Gasteiger partial charge >= 0.3 is 0 Å². The molecule has 0 saturated carbocycles. The second-order valence-electron chi connectivity index (χ2n) is 2.27. The Balaban J connectivity index is 3.21. The molecule has 0 aliphatic heterocycles. The van der Waals surface area contributed by atoms with Crippen molar-refractivity contribution in [2.75, 3.05) is 0 Å². The molecule has 0 aliphatic carbocycles. The van der Waals surface area contributed by atoms with Gasteiger partial charge in [0.1, 0.15) is 10.8 Å². The van der Waals surface area contributed by atoms with Crippen molar-refractivity contribution in [2.24, 2.45) is 0 Å². The SMILES string of the molecule is Cc1cc(C(F)F)nc(Cl)c1Br. The third kappa shape index (κ3) is 1.93. The van der Waals surface area contributed by atoms with Crippen LogP contribution in [0.15, 0.2) is 10.5 Å². The molecule has 1 heterocycles. The summed E-state index contributed by atoms with van der Waals surface area (Å²) in [4.78, 5) is 3.50. The van der Waals surface area contributed by atoms with E-state index in [2.05, 4.69) is 20.9 Å². The zero-order valence-electron chi connectivity index (χ0n) is 6.11. The van der Waals surface area contributed by atoms with Crippen LogP contribution in [0.5, 0.6) is 0 Å². The molecule has 0 saturated heterocycles. The van der Waals surface area contributed by atoms with Crippen LogP contribution in [0.3, 0.4) is 0 Å². The highest BCUT2D eigenvalue weighted by molar-refractivity contribution is 9.10. The van der Waals surface area contributed by atoms with Crippen molar-refractivity contribution in [2.45, 2.75) is 13.3 Å². The number of hydrogen-bond acceptors (Lipinski definition) is 1. The lowest BCUT2D eigenvalue weighted by Crippen LogP contribution is -1.93. The highest BCUT2D eigenvalue weighted by Gasteiger charge is 2.12. The number of alkyl halides is 2. The van der Waals surface area contributed by atoms with Crippen molar-refractivity contribution >= 4 is 27.5 Å². The van der Waals surface area contributed by atoms with Crippen LogP contribution < -0.4 is 0 Å². The molecule has 0 spiro atoms. The van der Waals surface area contributed by atoms with Crippen molar-refractivity contribution in [3.8, 4) is 0 Å². The third-order valence-electron chi connectivity index (χ3n) is 1.34. The largest absolute Gasteiger partial charge is 0.280 e. The Morgan fingerprint density at radius 1 is 1.58 bits per heavy atom. The molecule has 12 heavy (non-hydrogen) atoms. The van der Waals surface area contributed by atoms with Gasteiger partial charge in [-0.15, -0.1) is 0 Å². The number of aromatic nitrogens is 1. The Kier molecular flexibility index (Phi) is 3.01. The molecule has 0 atom stereocenters.